The first-order valence-electron chi connectivity index (χ1n) is 10.1. The molecular formula is C23H20N6O2. The van der Waals surface area contributed by atoms with E-state index in [1.807, 2.05) is 42.5 Å². The number of aryl methyl sites for hydroxylation is 2. The molecule has 8 nitrogen and oxygen atoms in total. The summed E-state index contributed by atoms with van der Waals surface area (Å²) in [6, 6.07) is 13.5. The Hall–Kier alpha value is -4.07. The van der Waals surface area contributed by atoms with Crippen LogP contribution in [0, 0.1) is 0 Å². The van der Waals surface area contributed by atoms with Gasteiger partial charge in [0.15, 0.2) is 0 Å². The van der Waals surface area contributed by atoms with E-state index in [9.17, 15) is 9.59 Å². The van der Waals surface area contributed by atoms with Crippen LogP contribution >= 0.6 is 0 Å². The number of hydrogen-bond donors (Lipinski definition) is 1. The van der Waals surface area contributed by atoms with Gasteiger partial charge in [0.25, 0.3) is 11.8 Å². The van der Waals surface area contributed by atoms with Crippen LogP contribution in [0.4, 0.5) is 0 Å². The van der Waals surface area contributed by atoms with Crippen LogP contribution < -0.4 is 0 Å². The molecule has 0 saturated carbocycles. The van der Waals surface area contributed by atoms with Gasteiger partial charge in [-0.25, -0.2) is 0 Å². The van der Waals surface area contributed by atoms with Crippen LogP contribution in [-0.4, -0.2) is 48.7 Å². The third-order valence-electron chi connectivity index (χ3n) is 5.49. The number of nitrogens with one attached hydrogen (secondary N) is 1. The largest absolute Gasteiger partial charge is 0.361 e. The molecule has 0 unspecified atom stereocenters. The van der Waals surface area contributed by atoms with E-state index in [1.54, 1.807) is 23.3 Å². The maximum Gasteiger partial charge on any atom is 0.263 e. The minimum Gasteiger partial charge on any atom is -0.361 e. The average molecular weight is 412 g/mol. The van der Waals surface area contributed by atoms with E-state index in [2.05, 4.69) is 20.3 Å². The third kappa shape index (κ3) is 3.31. The van der Waals surface area contributed by atoms with E-state index in [1.165, 1.54) is 7.05 Å². The van der Waals surface area contributed by atoms with Crippen molar-refractivity contribution in [3.63, 3.8) is 0 Å². The predicted octanol–water partition coefficient (Wildman–Crippen LogP) is 2.70. The van der Waals surface area contributed by atoms with Gasteiger partial charge < -0.3 is 4.98 Å². The molecule has 0 radical (unpaired) electrons. The highest BCUT2D eigenvalue weighted by molar-refractivity contribution is 6.49. The molecule has 154 valence electrons. The fourth-order valence-electron chi connectivity index (χ4n) is 3.90. The summed E-state index contributed by atoms with van der Waals surface area (Å²) >= 11 is 0. The van der Waals surface area contributed by atoms with Crippen molar-refractivity contribution in [2.24, 2.45) is 0 Å². The number of amides is 2. The summed E-state index contributed by atoms with van der Waals surface area (Å²) in [6.45, 7) is 0.636. The van der Waals surface area contributed by atoms with E-state index in [0.29, 0.717) is 23.4 Å². The van der Waals surface area contributed by atoms with Crippen molar-refractivity contribution in [2.75, 3.05) is 7.05 Å². The molecule has 31 heavy (non-hydrogen) atoms. The van der Waals surface area contributed by atoms with E-state index < -0.39 is 0 Å². The molecule has 0 fully saturated rings. The molecule has 0 saturated heterocycles. The monoisotopic (exact) mass is 412 g/mol. The number of fused-ring (bicyclic) bond motifs is 1. The number of H-pyrrole nitrogens is 1. The lowest BCUT2D eigenvalue weighted by molar-refractivity contribution is -0.134. The normalized spacial score (nSPS) is 14.3. The van der Waals surface area contributed by atoms with Crippen LogP contribution in [0.3, 0.4) is 0 Å². The van der Waals surface area contributed by atoms with E-state index in [0.717, 1.165) is 34.3 Å². The van der Waals surface area contributed by atoms with Crippen molar-refractivity contribution in [1.29, 1.82) is 0 Å². The van der Waals surface area contributed by atoms with Gasteiger partial charge in [-0.15, -0.1) is 5.10 Å². The summed E-state index contributed by atoms with van der Waals surface area (Å²) in [6.07, 6.45) is 6.93. The standard InChI is InChI=1S/C23H20N6O2/c1-28-22(30)20(17-13-25-18-10-3-2-9-16(17)18)21(23(28)31)19-14-29(27-26-19)12-6-8-15-7-4-5-11-24-15/h2-5,7,9-11,13-14,25H,6,8,12H2,1H3. The molecule has 1 N–H and O–H groups in total. The number of imide groups is 1. The van der Waals surface area contributed by atoms with Gasteiger partial charge in [0.1, 0.15) is 5.69 Å². The minimum absolute atomic E-state index is 0.285. The fraction of sp³-hybridized carbons (Fsp3) is 0.174. The Morgan fingerprint density at radius 3 is 2.65 bits per heavy atom. The van der Waals surface area contributed by atoms with Gasteiger partial charge in [0.05, 0.1) is 17.3 Å². The highest BCUT2D eigenvalue weighted by Crippen LogP contribution is 2.37. The van der Waals surface area contributed by atoms with Crippen LogP contribution in [-0.2, 0) is 22.6 Å². The minimum atomic E-state index is -0.370. The summed E-state index contributed by atoms with van der Waals surface area (Å²) in [7, 11) is 1.49. The highest BCUT2D eigenvalue weighted by atomic mass is 16.2. The number of carbonyl (C=O) groups is 2. The smallest absolute Gasteiger partial charge is 0.263 e. The molecule has 1 aliphatic rings. The summed E-state index contributed by atoms with van der Waals surface area (Å²) in [5, 5.41) is 9.27. The second-order valence-corrected chi connectivity index (χ2v) is 7.46. The average Bonchev–Trinajstić information content (AvgIpc) is 3.48. The lowest BCUT2D eigenvalue weighted by atomic mass is 9.99. The summed E-state index contributed by atoms with van der Waals surface area (Å²) in [5.74, 6) is -0.708. The maximum atomic E-state index is 12.9. The topological polar surface area (TPSA) is 96.8 Å². The number of aromatic nitrogens is 5. The molecule has 5 rings (SSSR count). The van der Waals surface area contributed by atoms with Crippen molar-refractivity contribution in [3.05, 3.63) is 78.0 Å². The Morgan fingerprint density at radius 2 is 1.81 bits per heavy atom. The number of rotatable bonds is 6. The molecule has 1 aromatic carbocycles. The molecule has 0 spiro atoms. The number of aromatic amines is 1. The molecule has 3 aromatic heterocycles. The van der Waals surface area contributed by atoms with Crippen molar-refractivity contribution in [2.45, 2.75) is 19.4 Å². The quantitative estimate of drug-likeness (QED) is 0.491. The zero-order valence-electron chi connectivity index (χ0n) is 16.9. The second-order valence-electron chi connectivity index (χ2n) is 7.46. The highest BCUT2D eigenvalue weighted by Gasteiger charge is 2.39. The Kier molecular flexibility index (Phi) is 4.66. The molecule has 4 aromatic rings. The number of pyridine rings is 1. The van der Waals surface area contributed by atoms with Gasteiger partial charge in [-0.05, 0) is 31.0 Å². The summed E-state index contributed by atoms with van der Waals surface area (Å²) in [5.41, 5.74) is 3.65. The van der Waals surface area contributed by atoms with Crippen molar-refractivity contribution < 1.29 is 9.59 Å². The SMILES string of the molecule is CN1C(=O)C(c2cn(CCCc3ccccn3)nn2)=C(c2c[nH]c3ccccc23)C1=O. The Labute approximate surface area is 178 Å². The first kappa shape index (κ1) is 18.9. The predicted molar refractivity (Wildman–Crippen MR) is 115 cm³/mol. The van der Waals surface area contributed by atoms with E-state index in [-0.39, 0.29) is 17.4 Å². The molecule has 0 aliphatic carbocycles. The molecule has 1 aliphatic heterocycles. The fourth-order valence-corrected chi connectivity index (χ4v) is 3.90. The Balaban J connectivity index is 1.47. The van der Waals surface area contributed by atoms with Crippen LogP contribution in [0.1, 0.15) is 23.4 Å². The molecule has 8 heteroatoms. The van der Waals surface area contributed by atoms with Crippen molar-refractivity contribution in [1.82, 2.24) is 29.9 Å². The lowest BCUT2D eigenvalue weighted by Gasteiger charge is -2.05. The van der Waals surface area contributed by atoms with Gasteiger partial charge in [0.2, 0.25) is 0 Å². The summed E-state index contributed by atoms with van der Waals surface area (Å²) < 4.78 is 1.70. The molecular weight excluding hydrogens is 392 g/mol. The number of para-hydroxylation sites is 1. The van der Waals surface area contributed by atoms with Crippen LogP contribution in [0.5, 0.6) is 0 Å². The summed E-state index contributed by atoms with van der Waals surface area (Å²) in [4.78, 5) is 34.5. The van der Waals surface area contributed by atoms with Gasteiger partial charge >= 0.3 is 0 Å². The first-order valence-corrected chi connectivity index (χ1v) is 10.1. The van der Waals surface area contributed by atoms with Gasteiger partial charge in [-0.3, -0.25) is 24.2 Å². The zero-order valence-corrected chi connectivity index (χ0v) is 16.9. The second kappa shape index (κ2) is 7.64. The van der Waals surface area contributed by atoms with Crippen molar-refractivity contribution >= 4 is 33.9 Å². The van der Waals surface area contributed by atoms with E-state index >= 15 is 0 Å². The molecule has 0 bridgehead atoms. The van der Waals surface area contributed by atoms with Gasteiger partial charge in [0, 0.05) is 48.1 Å². The molecule has 0 atom stereocenters. The number of likely N-dealkylation sites (N-methyl/N-ethyl adjacent to an activating group) is 1. The molecule has 4 heterocycles. The van der Waals surface area contributed by atoms with Gasteiger partial charge in [-0.1, -0.05) is 29.5 Å². The maximum absolute atomic E-state index is 12.9. The molecule has 2 amide bonds. The first-order chi connectivity index (χ1) is 15.1. The third-order valence-corrected chi connectivity index (χ3v) is 5.49. The van der Waals surface area contributed by atoms with Crippen molar-refractivity contribution in [3.8, 4) is 0 Å². The van der Waals surface area contributed by atoms with Crippen LogP contribution in [0.25, 0.3) is 22.0 Å². The number of hydrogen-bond acceptors (Lipinski definition) is 5. The lowest BCUT2D eigenvalue weighted by Crippen LogP contribution is -2.26. The number of benzene rings is 1. The van der Waals surface area contributed by atoms with Crippen LogP contribution in [0.15, 0.2) is 61.1 Å². The van der Waals surface area contributed by atoms with Gasteiger partial charge in [-0.2, -0.15) is 0 Å². The van der Waals surface area contributed by atoms with E-state index in [4.69, 9.17) is 0 Å². The number of nitrogens with zero attached hydrogens (tertiary/aromatic N) is 5. The zero-order chi connectivity index (χ0) is 21.4. The Bertz CT molecular complexity index is 1320. The number of carbonyl (C=O) groups excluding carboxylic acids is 2. The Morgan fingerprint density at radius 1 is 1.00 bits per heavy atom. The van der Waals surface area contributed by atoms with Crippen LogP contribution in [0.2, 0.25) is 0 Å².